The molecule has 1 aromatic heterocycles. The van der Waals surface area contributed by atoms with Gasteiger partial charge in [0, 0.05) is 5.56 Å². The number of fused-ring (bicyclic) bond motifs is 1. The molecule has 0 aliphatic carbocycles. The van der Waals surface area contributed by atoms with Gasteiger partial charge in [-0.05, 0) is 28.5 Å². The maximum absolute atomic E-state index is 6.20. The van der Waals surface area contributed by atoms with Gasteiger partial charge in [0.25, 0.3) is 0 Å². The van der Waals surface area contributed by atoms with Crippen molar-refractivity contribution in [3.63, 3.8) is 0 Å². The number of nitrogens with two attached hydrogens (primary N) is 1. The number of rotatable bonds is 2. The third-order valence-corrected chi connectivity index (χ3v) is 3.37. The first-order valence-corrected chi connectivity index (χ1v) is 5.97. The Bertz CT molecular complexity index is 501. The van der Waals surface area contributed by atoms with Gasteiger partial charge in [-0.2, -0.15) is 11.3 Å². The molecular weight excluding hydrogens is 258 g/mol. The fourth-order valence-corrected chi connectivity index (χ4v) is 2.53. The molecule has 1 aliphatic heterocycles. The van der Waals surface area contributed by atoms with Crippen molar-refractivity contribution in [2.75, 3.05) is 6.79 Å². The Labute approximate surface area is 110 Å². The molecular formula is C12H12ClNO2S. The Morgan fingerprint density at radius 1 is 1.24 bits per heavy atom. The van der Waals surface area contributed by atoms with Crippen molar-refractivity contribution in [2.45, 2.75) is 6.04 Å². The van der Waals surface area contributed by atoms with Crippen LogP contribution in [-0.4, -0.2) is 6.79 Å². The monoisotopic (exact) mass is 269 g/mol. The van der Waals surface area contributed by atoms with Crippen LogP contribution in [0.3, 0.4) is 0 Å². The Morgan fingerprint density at radius 2 is 2.12 bits per heavy atom. The number of thiophene rings is 1. The van der Waals surface area contributed by atoms with Crippen molar-refractivity contribution >= 4 is 23.7 Å². The van der Waals surface area contributed by atoms with Crippen LogP contribution >= 0.6 is 23.7 Å². The number of ether oxygens (including phenoxy) is 2. The fraction of sp³-hybridized carbons (Fsp3) is 0.167. The second-order valence-electron chi connectivity index (χ2n) is 3.62. The molecule has 17 heavy (non-hydrogen) atoms. The van der Waals surface area contributed by atoms with Crippen LogP contribution in [0.4, 0.5) is 0 Å². The zero-order valence-electron chi connectivity index (χ0n) is 8.96. The summed E-state index contributed by atoms with van der Waals surface area (Å²) in [4.78, 5) is 0. The van der Waals surface area contributed by atoms with Gasteiger partial charge in [0.1, 0.15) is 0 Å². The molecule has 90 valence electrons. The zero-order valence-corrected chi connectivity index (χ0v) is 10.6. The van der Waals surface area contributed by atoms with Crippen LogP contribution in [0.1, 0.15) is 17.2 Å². The summed E-state index contributed by atoms with van der Waals surface area (Å²) in [5, 5.41) is 4.08. The molecule has 0 saturated heterocycles. The molecule has 2 aromatic rings. The van der Waals surface area contributed by atoms with E-state index in [-0.39, 0.29) is 25.2 Å². The van der Waals surface area contributed by atoms with Gasteiger partial charge < -0.3 is 15.2 Å². The van der Waals surface area contributed by atoms with Gasteiger partial charge in [-0.15, -0.1) is 12.4 Å². The fourth-order valence-electron chi connectivity index (χ4n) is 1.83. The quantitative estimate of drug-likeness (QED) is 0.912. The number of hydrogen-bond acceptors (Lipinski definition) is 4. The van der Waals surface area contributed by atoms with Gasteiger partial charge in [-0.3, -0.25) is 0 Å². The van der Waals surface area contributed by atoms with E-state index in [2.05, 4.69) is 5.38 Å². The van der Waals surface area contributed by atoms with E-state index in [0.717, 1.165) is 22.6 Å². The van der Waals surface area contributed by atoms with Crippen molar-refractivity contribution in [3.05, 3.63) is 46.2 Å². The van der Waals surface area contributed by atoms with E-state index in [1.54, 1.807) is 11.3 Å². The number of halogens is 1. The van der Waals surface area contributed by atoms with Crippen LogP contribution in [0.2, 0.25) is 0 Å². The van der Waals surface area contributed by atoms with Crippen LogP contribution in [0.25, 0.3) is 0 Å². The number of benzene rings is 1. The van der Waals surface area contributed by atoms with E-state index >= 15 is 0 Å². The average Bonchev–Trinajstić information content (AvgIpc) is 2.98. The minimum absolute atomic E-state index is 0. The second-order valence-corrected chi connectivity index (χ2v) is 4.40. The van der Waals surface area contributed by atoms with Crippen LogP contribution in [0, 0.1) is 0 Å². The third kappa shape index (κ3) is 2.11. The molecule has 1 aliphatic rings. The van der Waals surface area contributed by atoms with Crippen LogP contribution in [0.15, 0.2) is 35.0 Å². The molecule has 0 fully saturated rings. The highest BCUT2D eigenvalue weighted by Crippen LogP contribution is 2.39. The molecule has 3 nitrogen and oxygen atoms in total. The molecule has 0 unspecified atom stereocenters. The average molecular weight is 270 g/mol. The Kier molecular flexibility index (Phi) is 3.57. The molecule has 5 heteroatoms. The van der Waals surface area contributed by atoms with E-state index in [0.29, 0.717) is 0 Å². The summed E-state index contributed by atoms with van der Waals surface area (Å²) in [6.45, 7) is 0.280. The van der Waals surface area contributed by atoms with Crippen molar-refractivity contribution < 1.29 is 9.47 Å². The molecule has 0 radical (unpaired) electrons. The van der Waals surface area contributed by atoms with E-state index in [9.17, 15) is 0 Å². The summed E-state index contributed by atoms with van der Waals surface area (Å²) >= 11 is 1.64. The minimum atomic E-state index is -0.150. The highest BCUT2D eigenvalue weighted by molar-refractivity contribution is 7.08. The van der Waals surface area contributed by atoms with Crippen LogP contribution in [0.5, 0.6) is 11.5 Å². The molecule has 3 rings (SSSR count). The minimum Gasteiger partial charge on any atom is -0.454 e. The van der Waals surface area contributed by atoms with Crippen LogP contribution < -0.4 is 15.2 Å². The first-order chi connectivity index (χ1) is 7.86. The normalized spacial score (nSPS) is 14.2. The van der Waals surface area contributed by atoms with Gasteiger partial charge in [-0.25, -0.2) is 0 Å². The second kappa shape index (κ2) is 4.96. The SMILES string of the molecule is Cl.N[C@@H](c1ccsc1)c1cccc2c1OCO2. The van der Waals surface area contributed by atoms with Gasteiger partial charge in [0.15, 0.2) is 11.5 Å². The molecule has 0 saturated carbocycles. The molecule has 2 heterocycles. The molecule has 1 aromatic carbocycles. The molecule has 2 N–H and O–H groups in total. The van der Waals surface area contributed by atoms with Crippen molar-refractivity contribution in [1.29, 1.82) is 0 Å². The van der Waals surface area contributed by atoms with Crippen molar-refractivity contribution in [3.8, 4) is 11.5 Å². The molecule has 0 bridgehead atoms. The lowest BCUT2D eigenvalue weighted by Gasteiger charge is -2.12. The van der Waals surface area contributed by atoms with E-state index < -0.39 is 0 Å². The topological polar surface area (TPSA) is 44.5 Å². The summed E-state index contributed by atoms with van der Waals surface area (Å²) in [6.07, 6.45) is 0. The predicted octanol–water partition coefficient (Wildman–Crippen LogP) is 2.95. The highest BCUT2D eigenvalue weighted by atomic mass is 35.5. The van der Waals surface area contributed by atoms with E-state index in [4.69, 9.17) is 15.2 Å². The molecule has 0 amide bonds. The Hall–Kier alpha value is -1.23. The summed E-state index contributed by atoms with van der Waals surface area (Å²) < 4.78 is 10.8. The van der Waals surface area contributed by atoms with Gasteiger partial charge in [0.05, 0.1) is 6.04 Å². The predicted molar refractivity (Wildman–Crippen MR) is 70.2 cm³/mol. The van der Waals surface area contributed by atoms with Gasteiger partial charge in [-0.1, -0.05) is 12.1 Å². The first kappa shape index (κ1) is 12.2. The van der Waals surface area contributed by atoms with Gasteiger partial charge in [0.2, 0.25) is 6.79 Å². The summed E-state index contributed by atoms with van der Waals surface area (Å²) in [6, 6.07) is 7.70. The van der Waals surface area contributed by atoms with Crippen LogP contribution in [-0.2, 0) is 0 Å². The molecule has 1 atom stereocenters. The van der Waals surface area contributed by atoms with Gasteiger partial charge >= 0.3 is 0 Å². The Balaban J connectivity index is 0.00000108. The van der Waals surface area contributed by atoms with E-state index in [1.165, 1.54) is 0 Å². The lowest BCUT2D eigenvalue weighted by molar-refractivity contribution is 0.173. The zero-order chi connectivity index (χ0) is 11.0. The summed E-state index contributed by atoms with van der Waals surface area (Å²) in [7, 11) is 0. The Morgan fingerprint density at radius 3 is 2.88 bits per heavy atom. The molecule has 0 spiro atoms. The van der Waals surface area contributed by atoms with Crippen molar-refractivity contribution in [2.24, 2.45) is 5.73 Å². The smallest absolute Gasteiger partial charge is 0.231 e. The lowest BCUT2D eigenvalue weighted by atomic mass is 10.0. The lowest BCUT2D eigenvalue weighted by Crippen LogP contribution is -2.11. The first-order valence-electron chi connectivity index (χ1n) is 5.02. The maximum atomic E-state index is 6.20. The maximum Gasteiger partial charge on any atom is 0.231 e. The number of hydrogen-bond donors (Lipinski definition) is 1. The van der Waals surface area contributed by atoms with Crippen molar-refractivity contribution in [1.82, 2.24) is 0 Å². The number of para-hydroxylation sites is 1. The standard InChI is InChI=1S/C12H11NO2S.ClH/c13-11(8-4-5-16-6-8)9-2-1-3-10-12(9)15-7-14-10;/h1-6,11H,7,13H2;1H/t11-;/m0./s1. The summed E-state index contributed by atoms with van der Waals surface area (Å²) in [5.41, 5.74) is 8.29. The van der Waals surface area contributed by atoms with E-state index in [1.807, 2.05) is 29.6 Å². The highest BCUT2D eigenvalue weighted by Gasteiger charge is 2.22. The summed E-state index contributed by atoms with van der Waals surface area (Å²) in [5.74, 6) is 1.56. The largest absolute Gasteiger partial charge is 0.454 e. The third-order valence-electron chi connectivity index (χ3n) is 2.66.